The number of aromatic amines is 1. The zero-order chi connectivity index (χ0) is 13.2. The molecule has 18 heavy (non-hydrogen) atoms. The number of imidazole rings is 1. The van der Waals surface area contributed by atoms with Crippen LogP contribution in [0.2, 0.25) is 0 Å². The fourth-order valence-electron chi connectivity index (χ4n) is 1.53. The summed E-state index contributed by atoms with van der Waals surface area (Å²) in [6, 6.07) is 7.66. The van der Waals surface area contributed by atoms with Crippen LogP contribution in [0.25, 0.3) is 11.0 Å². The van der Waals surface area contributed by atoms with Crippen LogP contribution >= 0.6 is 0 Å². The average molecular weight is 246 g/mol. The second kappa shape index (κ2) is 4.78. The summed E-state index contributed by atoms with van der Waals surface area (Å²) in [6.07, 6.45) is 0. The Morgan fingerprint density at radius 3 is 2.72 bits per heavy atom. The Bertz CT molecular complexity index is 520. The van der Waals surface area contributed by atoms with Crippen LogP contribution in [0, 0.1) is 0 Å². The number of H-pyrrole nitrogens is 1. The van der Waals surface area contributed by atoms with E-state index < -0.39 is 0 Å². The van der Waals surface area contributed by atoms with Crippen LogP contribution in [0.1, 0.15) is 20.8 Å². The molecule has 0 aliphatic rings. The molecule has 0 atom stereocenters. The van der Waals surface area contributed by atoms with Gasteiger partial charge in [0.25, 0.3) is 0 Å². The molecular formula is C13H18N4O. The van der Waals surface area contributed by atoms with Gasteiger partial charge in [-0.1, -0.05) is 12.1 Å². The standard InChI is InChI=1S/C13H18N4O/c1-13(2,3)14-8-11(18)17-12-15-9-6-4-5-7-10(9)16-12/h4-7,14H,8H2,1-3H3,(H2,15,16,17,18). The number of rotatable bonds is 3. The third-order valence-electron chi connectivity index (χ3n) is 2.43. The third kappa shape index (κ3) is 3.30. The summed E-state index contributed by atoms with van der Waals surface area (Å²) in [5, 5.41) is 5.86. The molecule has 0 saturated carbocycles. The molecule has 2 rings (SSSR count). The van der Waals surface area contributed by atoms with Crippen LogP contribution in [0.5, 0.6) is 0 Å². The molecule has 1 amide bonds. The van der Waals surface area contributed by atoms with Crippen molar-refractivity contribution in [2.24, 2.45) is 0 Å². The molecule has 0 bridgehead atoms. The molecule has 0 aliphatic carbocycles. The number of aromatic nitrogens is 2. The first-order valence-electron chi connectivity index (χ1n) is 5.94. The summed E-state index contributed by atoms with van der Waals surface area (Å²) in [7, 11) is 0. The lowest BCUT2D eigenvalue weighted by Gasteiger charge is -2.19. The van der Waals surface area contributed by atoms with E-state index in [1.54, 1.807) is 0 Å². The predicted molar refractivity (Wildman–Crippen MR) is 72.5 cm³/mol. The molecule has 2 aromatic rings. The van der Waals surface area contributed by atoms with Crippen LogP contribution < -0.4 is 10.6 Å². The third-order valence-corrected chi connectivity index (χ3v) is 2.43. The lowest BCUT2D eigenvalue weighted by atomic mass is 10.1. The number of amides is 1. The zero-order valence-electron chi connectivity index (χ0n) is 10.9. The monoisotopic (exact) mass is 246 g/mol. The summed E-state index contributed by atoms with van der Waals surface area (Å²) in [5.74, 6) is 0.376. The van der Waals surface area contributed by atoms with Gasteiger partial charge in [-0.25, -0.2) is 4.98 Å². The van der Waals surface area contributed by atoms with Gasteiger partial charge in [0.05, 0.1) is 17.6 Å². The van der Waals surface area contributed by atoms with E-state index in [2.05, 4.69) is 20.6 Å². The van der Waals surface area contributed by atoms with E-state index in [1.807, 2.05) is 45.0 Å². The van der Waals surface area contributed by atoms with E-state index in [0.29, 0.717) is 5.95 Å². The number of para-hydroxylation sites is 2. The predicted octanol–water partition coefficient (Wildman–Crippen LogP) is 1.89. The van der Waals surface area contributed by atoms with Gasteiger partial charge in [0.2, 0.25) is 11.9 Å². The number of carbonyl (C=O) groups excluding carboxylic acids is 1. The molecule has 0 spiro atoms. The Morgan fingerprint density at radius 2 is 2.06 bits per heavy atom. The van der Waals surface area contributed by atoms with Crippen molar-refractivity contribution in [3.05, 3.63) is 24.3 Å². The van der Waals surface area contributed by atoms with Crippen molar-refractivity contribution in [3.63, 3.8) is 0 Å². The highest BCUT2D eigenvalue weighted by atomic mass is 16.2. The molecule has 1 aromatic heterocycles. The molecule has 0 radical (unpaired) electrons. The Balaban J connectivity index is 1.99. The number of carbonyl (C=O) groups is 1. The zero-order valence-corrected chi connectivity index (χ0v) is 10.9. The van der Waals surface area contributed by atoms with E-state index >= 15 is 0 Å². The number of nitrogens with one attached hydrogen (secondary N) is 3. The lowest BCUT2D eigenvalue weighted by molar-refractivity contribution is -0.115. The van der Waals surface area contributed by atoms with Crippen molar-refractivity contribution in [2.45, 2.75) is 26.3 Å². The second-order valence-corrected chi connectivity index (χ2v) is 5.25. The van der Waals surface area contributed by atoms with Gasteiger partial charge in [-0.05, 0) is 32.9 Å². The number of fused-ring (bicyclic) bond motifs is 1. The molecule has 0 saturated heterocycles. The molecule has 1 heterocycles. The van der Waals surface area contributed by atoms with Gasteiger partial charge in [0.1, 0.15) is 0 Å². The minimum Gasteiger partial charge on any atom is -0.324 e. The number of hydrogen-bond donors (Lipinski definition) is 3. The molecule has 0 fully saturated rings. The minimum atomic E-state index is -0.107. The molecule has 96 valence electrons. The van der Waals surface area contributed by atoms with E-state index in [-0.39, 0.29) is 18.0 Å². The van der Waals surface area contributed by atoms with Crippen molar-refractivity contribution < 1.29 is 4.79 Å². The molecule has 5 nitrogen and oxygen atoms in total. The molecular weight excluding hydrogens is 228 g/mol. The summed E-state index contributed by atoms with van der Waals surface area (Å²) in [5.41, 5.74) is 1.68. The maximum Gasteiger partial charge on any atom is 0.240 e. The second-order valence-electron chi connectivity index (χ2n) is 5.25. The van der Waals surface area contributed by atoms with Gasteiger partial charge >= 0.3 is 0 Å². The Kier molecular flexibility index (Phi) is 3.34. The Morgan fingerprint density at radius 1 is 1.33 bits per heavy atom. The molecule has 0 aliphatic heterocycles. The number of benzene rings is 1. The van der Waals surface area contributed by atoms with Gasteiger partial charge in [-0.15, -0.1) is 0 Å². The first-order chi connectivity index (χ1) is 8.44. The van der Waals surface area contributed by atoms with Crippen LogP contribution in [-0.2, 0) is 4.79 Å². The number of nitrogens with zero attached hydrogens (tertiary/aromatic N) is 1. The average Bonchev–Trinajstić information content (AvgIpc) is 2.67. The number of hydrogen-bond acceptors (Lipinski definition) is 3. The van der Waals surface area contributed by atoms with Crippen LogP contribution in [0.3, 0.4) is 0 Å². The Hall–Kier alpha value is -1.88. The van der Waals surface area contributed by atoms with Crippen LogP contribution in [0.4, 0.5) is 5.95 Å². The number of anilines is 1. The van der Waals surface area contributed by atoms with Gasteiger partial charge in [0.15, 0.2) is 0 Å². The van der Waals surface area contributed by atoms with Crippen molar-refractivity contribution in [1.29, 1.82) is 0 Å². The maximum atomic E-state index is 11.7. The van der Waals surface area contributed by atoms with Gasteiger partial charge in [0, 0.05) is 5.54 Å². The first kappa shape index (κ1) is 12.6. The summed E-state index contributed by atoms with van der Waals surface area (Å²) in [6.45, 7) is 6.31. The summed E-state index contributed by atoms with van der Waals surface area (Å²) < 4.78 is 0. The minimum absolute atomic E-state index is 0.0782. The van der Waals surface area contributed by atoms with E-state index in [1.165, 1.54) is 0 Å². The topological polar surface area (TPSA) is 69.8 Å². The smallest absolute Gasteiger partial charge is 0.240 e. The maximum absolute atomic E-state index is 11.7. The quantitative estimate of drug-likeness (QED) is 0.774. The largest absolute Gasteiger partial charge is 0.324 e. The van der Waals surface area contributed by atoms with Crippen molar-refractivity contribution >= 4 is 22.9 Å². The Labute approximate surface area is 106 Å². The summed E-state index contributed by atoms with van der Waals surface area (Å²) >= 11 is 0. The SMILES string of the molecule is CC(C)(C)NCC(=O)Nc1nc2ccccc2[nH]1. The first-order valence-corrected chi connectivity index (χ1v) is 5.94. The molecule has 0 unspecified atom stereocenters. The highest BCUT2D eigenvalue weighted by Gasteiger charge is 2.12. The van der Waals surface area contributed by atoms with Crippen LogP contribution in [0.15, 0.2) is 24.3 Å². The molecule has 3 N–H and O–H groups in total. The van der Waals surface area contributed by atoms with Gasteiger partial charge < -0.3 is 10.3 Å². The molecule has 5 heteroatoms. The lowest BCUT2D eigenvalue weighted by Crippen LogP contribution is -2.41. The fraction of sp³-hybridized carbons (Fsp3) is 0.385. The van der Waals surface area contributed by atoms with E-state index in [9.17, 15) is 4.79 Å². The van der Waals surface area contributed by atoms with E-state index in [0.717, 1.165) is 11.0 Å². The van der Waals surface area contributed by atoms with Crippen molar-refractivity contribution in [1.82, 2.24) is 15.3 Å². The highest BCUT2D eigenvalue weighted by Crippen LogP contribution is 2.12. The molecule has 1 aromatic carbocycles. The fourth-order valence-corrected chi connectivity index (χ4v) is 1.53. The van der Waals surface area contributed by atoms with Crippen molar-refractivity contribution in [3.8, 4) is 0 Å². The highest BCUT2D eigenvalue weighted by molar-refractivity contribution is 5.92. The normalized spacial score (nSPS) is 11.7. The van der Waals surface area contributed by atoms with Gasteiger partial charge in [-0.3, -0.25) is 10.1 Å². The van der Waals surface area contributed by atoms with Gasteiger partial charge in [-0.2, -0.15) is 0 Å². The van der Waals surface area contributed by atoms with Crippen molar-refractivity contribution in [2.75, 3.05) is 11.9 Å². The summed E-state index contributed by atoms with van der Waals surface area (Å²) in [4.78, 5) is 19.0. The van der Waals surface area contributed by atoms with E-state index in [4.69, 9.17) is 0 Å². The van der Waals surface area contributed by atoms with Crippen LogP contribution in [-0.4, -0.2) is 28.0 Å².